The summed E-state index contributed by atoms with van der Waals surface area (Å²) in [5.41, 5.74) is 7.51. The first-order valence-electron chi connectivity index (χ1n) is 6.19. The quantitative estimate of drug-likeness (QED) is 0.854. The fourth-order valence-electron chi connectivity index (χ4n) is 2.13. The van der Waals surface area contributed by atoms with E-state index in [1.165, 1.54) is 12.1 Å². The van der Waals surface area contributed by atoms with Crippen molar-refractivity contribution in [3.63, 3.8) is 0 Å². The smallest absolute Gasteiger partial charge is 0.126 e. The number of aromatic nitrogens is 2. The van der Waals surface area contributed by atoms with Gasteiger partial charge >= 0.3 is 0 Å². The van der Waals surface area contributed by atoms with Gasteiger partial charge in [-0.05, 0) is 25.0 Å². The number of nitrogens with two attached hydrogens (primary N) is 1. The highest BCUT2D eigenvalue weighted by molar-refractivity contribution is 5.76. The Labute approximate surface area is 105 Å². The van der Waals surface area contributed by atoms with Gasteiger partial charge in [0.2, 0.25) is 0 Å². The summed E-state index contributed by atoms with van der Waals surface area (Å²) >= 11 is 0. The Morgan fingerprint density at radius 2 is 2.28 bits per heavy atom. The number of aryl methyl sites for hydroxylation is 1. The molecule has 0 saturated carbocycles. The highest BCUT2D eigenvalue weighted by Gasteiger charge is 2.16. The van der Waals surface area contributed by atoms with Crippen LogP contribution in [0.25, 0.3) is 11.0 Å². The van der Waals surface area contributed by atoms with E-state index < -0.39 is 0 Å². The minimum atomic E-state index is -0.322. The summed E-state index contributed by atoms with van der Waals surface area (Å²) < 4.78 is 15.2. The zero-order valence-corrected chi connectivity index (χ0v) is 10.4. The van der Waals surface area contributed by atoms with Crippen LogP contribution in [0.15, 0.2) is 18.2 Å². The van der Waals surface area contributed by atoms with E-state index in [0.29, 0.717) is 17.8 Å². The first-order chi connectivity index (χ1) is 8.67. The number of hydrogen-bond donors (Lipinski definition) is 2. The van der Waals surface area contributed by atoms with Crippen LogP contribution in [0.1, 0.15) is 31.6 Å². The molecule has 0 fully saturated rings. The van der Waals surface area contributed by atoms with E-state index in [-0.39, 0.29) is 18.5 Å². The SMILES string of the molecule is CCCn1c(C(N)CCO)nc2cc(F)ccc21. The molecule has 1 atom stereocenters. The van der Waals surface area contributed by atoms with Gasteiger partial charge in [0.25, 0.3) is 0 Å². The molecular formula is C13H18FN3O. The maximum atomic E-state index is 13.2. The molecule has 1 heterocycles. The van der Waals surface area contributed by atoms with Crippen LogP contribution in [0.3, 0.4) is 0 Å². The number of hydrogen-bond acceptors (Lipinski definition) is 3. The first-order valence-corrected chi connectivity index (χ1v) is 6.19. The third-order valence-electron chi connectivity index (χ3n) is 2.96. The lowest BCUT2D eigenvalue weighted by molar-refractivity contribution is 0.273. The maximum Gasteiger partial charge on any atom is 0.126 e. The molecule has 0 radical (unpaired) electrons. The molecule has 0 bridgehead atoms. The van der Waals surface area contributed by atoms with Gasteiger partial charge in [-0.2, -0.15) is 0 Å². The van der Waals surface area contributed by atoms with Crippen molar-refractivity contribution in [2.24, 2.45) is 5.73 Å². The van der Waals surface area contributed by atoms with Crippen molar-refractivity contribution in [1.82, 2.24) is 9.55 Å². The number of aliphatic hydroxyl groups is 1. The molecule has 0 saturated heterocycles. The van der Waals surface area contributed by atoms with Crippen LogP contribution in [-0.2, 0) is 6.54 Å². The summed E-state index contributed by atoms with van der Waals surface area (Å²) in [5.74, 6) is 0.414. The van der Waals surface area contributed by atoms with Crippen molar-refractivity contribution in [3.05, 3.63) is 29.8 Å². The summed E-state index contributed by atoms with van der Waals surface area (Å²) in [7, 11) is 0. The lowest BCUT2D eigenvalue weighted by Crippen LogP contribution is -2.18. The van der Waals surface area contributed by atoms with Crippen molar-refractivity contribution in [2.75, 3.05) is 6.61 Å². The second kappa shape index (κ2) is 5.46. The zero-order chi connectivity index (χ0) is 13.1. The summed E-state index contributed by atoms with van der Waals surface area (Å²) in [6.07, 6.45) is 1.40. The number of fused-ring (bicyclic) bond motifs is 1. The van der Waals surface area contributed by atoms with Crippen LogP contribution >= 0.6 is 0 Å². The average Bonchev–Trinajstić information content (AvgIpc) is 2.68. The number of rotatable bonds is 5. The Kier molecular flexibility index (Phi) is 3.93. The van der Waals surface area contributed by atoms with Gasteiger partial charge in [0, 0.05) is 19.2 Å². The fourth-order valence-corrected chi connectivity index (χ4v) is 2.13. The van der Waals surface area contributed by atoms with Gasteiger partial charge < -0.3 is 15.4 Å². The van der Waals surface area contributed by atoms with Crippen LogP contribution in [0.2, 0.25) is 0 Å². The van der Waals surface area contributed by atoms with Crippen LogP contribution in [-0.4, -0.2) is 21.3 Å². The molecule has 1 unspecified atom stereocenters. The van der Waals surface area contributed by atoms with Gasteiger partial charge in [-0.1, -0.05) is 6.92 Å². The highest BCUT2D eigenvalue weighted by Crippen LogP contribution is 2.22. The molecule has 5 heteroatoms. The molecule has 4 nitrogen and oxygen atoms in total. The van der Waals surface area contributed by atoms with E-state index >= 15 is 0 Å². The van der Waals surface area contributed by atoms with Gasteiger partial charge in [-0.25, -0.2) is 9.37 Å². The fraction of sp³-hybridized carbons (Fsp3) is 0.462. The molecular weight excluding hydrogens is 233 g/mol. The Morgan fingerprint density at radius 3 is 2.94 bits per heavy atom. The van der Waals surface area contributed by atoms with E-state index in [4.69, 9.17) is 10.8 Å². The van der Waals surface area contributed by atoms with Crippen molar-refractivity contribution < 1.29 is 9.50 Å². The molecule has 0 spiro atoms. The Bertz CT molecular complexity index is 538. The number of aliphatic hydroxyl groups excluding tert-OH is 1. The van der Waals surface area contributed by atoms with E-state index in [1.54, 1.807) is 6.07 Å². The average molecular weight is 251 g/mol. The zero-order valence-electron chi connectivity index (χ0n) is 10.4. The van der Waals surface area contributed by atoms with Gasteiger partial charge in [-0.15, -0.1) is 0 Å². The van der Waals surface area contributed by atoms with Crippen LogP contribution in [0.4, 0.5) is 4.39 Å². The largest absolute Gasteiger partial charge is 0.396 e. The lowest BCUT2D eigenvalue weighted by atomic mass is 10.2. The molecule has 1 aromatic carbocycles. The molecule has 0 amide bonds. The third-order valence-corrected chi connectivity index (χ3v) is 2.96. The molecule has 18 heavy (non-hydrogen) atoms. The topological polar surface area (TPSA) is 64.1 Å². The minimum Gasteiger partial charge on any atom is -0.396 e. The molecule has 3 N–H and O–H groups in total. The minimum absolute atomic E-state index is 0.0187. The number of benzene rings is 1. The first kappa shape index (κ1) is 13.0. The van der Waals surface area contributed by atoms with Crippen molar-refractivity contribution in [1.29, 1.82) is 0 Å². The summed E-state index contributed by atoms with van der Waals surface area (Å²) in [4.78, 5) is 4.40. The van der Waals surface area contributed by atoms with Gasteiger partial charge in [0.1, 0.15) is 11.6 Å². The van der Waals surface area contributed by atoms with E-state index in [2.05, 4.69) is 11.9 Å². The van der Waals surface area contributed by atoms with Gasteiger partial charge in [0.15, 0.2) is 0 Å². The van der Waals surface area contributed by atoms with E-state index in [0.717, 1.165) is 18.5 Å². The number of imidazole rings is 1. The highest BCUT2D eigenvalue weighted by atomic mass is 19.1. The van der Waals surface area contributed by atoms with Crippen LogP contribution in [0, 0.1) is 5.82 Å². The lowest BCUT2D eigenvalue weighted by Gasteiger charge is -2.12. The van der Waals surface area contributed by atoms with Gasteiger partial charge in [-0.3, -0.25) is 0 Å². The summed E-state index contributed by atoms with van der Waals surface area (Å²) in [6, 6.07) is 4.24. The van der Waals surface area contributed by atoms with E-state index in [1.807, 2.05) is 4.57 Å². The molecule has 2 rings (SSSR count). The monoisotopic (exact) mass is 251 g/mol. The van der Waals surface area contributed by atoms with Crippen molar-refractivity contribution in [3.8, 4) is 0 Å². The summed E-state index contributed by atoms with van der Waals surface area (Å²) in [5, 5.41) is 8.96. The Morgan fingerprint density at radius 1 is 1.50 bits per heavy atom. The molecule has 98 valence electrons. The second-order valence-corrected chi connectivity index (χ2v) is 4.37. The maximum absolute atomic E-state index is 13.2. The van der Waals surface area contributed by atoms with Crippen molar-refractivity contribution >= 4 is 11.0 Å². The van der Waals surface area contributed by atoms with Crippen LogP contribution in [0.5, 0.6) is 0 Å². The number of halogens is 1. The molecule has 2 aromatic rings. The second-order valence-electron chi connectivity index (χ2n) is 4.37. The predicted molar refractivity (Wildman–Crippen MR) is 68.6 cm³/mol. The third kappa shape index (κ3) is 2.37. The predicted octanol–water partition coefficient (Wildman–Crippen LogP) is 1.97. The molecule has 0 aliphatic carbocycles. The van der Waals surface area contributed by atoms with E-state index in [9.17, 15) is 4.39 Å². The standard InChI is InChI=1S/C13H18FN3O/c1-2-6-17-12-4-3-9(14)8-11(12)16-13(17)10(15)5-7-18/h3-4,8,10,18H,2,5-7,15H2,1H3. The molecule has 1 aromatic heterocycles. The Hall–Kier alpha value is -1.46. The normalized spacial score (nSPS) is 13.1. The Balaban J connectivity index is 2.53. The van der Waals surface area contributed by atoms with Crippen molar-refractivity contribution in [2.45, 2.75) is 32.4 Å². The number of nitrogens with zero attached hydrogens (tertiary/aromatic N) is 2. The summed E-state index contributed by atoms with van der Waals surface area (Å²) in [6.45, 7) is 2.87. The molecule has 0 aliphatic heterocycles. The molecule has 0 aliphatic rings. The van der Waals surface area contributed by atoms with Crippen LogP contribution < -0.4 is 5.73 Å². The van der Waals surface area contributed by atoms with Gasteiger partial charge in [0.05, 0.1) is 17.1 Å².